The lowest BCUT2D eigenvalue weighted by Crippen LogP contribution is -2.38. The minimum absolute atomic E-state index is 0.00126. The minimum Gasteiger partial charge on any atom is -0.343 e. The third-order valence-corrected chi connectivity index (χ3v) is 5.00. The molecule has 0 N–H and O–H groups in total. The van der Waals surface area contributed by atoms with Crippen LogP contribution in [0.5, 0.6) is 0 Å². The van der Waals surface area contributed by atoms with E-state index in [1.165, 1.54) is 0 Å². The van der Waals surface area contributed by atoms with Crippen LogP contribution in [-0.4, -0.2) is 47.3 Å². The van der Waals surface area contributed by atoms with E-state index < -0.39 is 78.5 Å². The van der Waals surface area contributed by atoms with Gasteiger partial charge >= 0.3 is 6.18 Å². The molecule has 0 amide bonds. The number of halogens is 6. The molecule has 3 aliphatic rings. The SMILES string of the molecule is O=C1CC2(OCCO2)c2c(C(F)(F)F)nn([C@@H]3C[C@@H](F)[C@@H](F)[C@@H](F)C3)c21. The summed E-state index contributed by atoms with van der Waals surface area (Å²) in [5.74, 6) is -2.60. The lowest BCUT2D eigenvalue weighted by Gasteiger charge is -2.30. The predicted octanol–water partition coefficient (Wildman–Crippen LogP) is 3.04. The van der Waals surface area contributed by atoms with Gasteiger partial charge in [0.2, 0.25) is 5.79 Å². The molecule has 0 aromatic carbocycles. The van der Waals surface area contributed by atoms with Gasteiger partial charge in [0.15, 0.2) is 17.6 Å². The largest absolute Gasteiger partial charge is 0.435 e. The Morgan fingerprint density at radius 3 is 2.19 bits per heavy atom. The molecule has 0 bridgehead atoms. The number of ketones is 1. The van der Waals surface area contributed by atoms with Crippen LogP contribution in [0.4, 0.5) is 26.3 Å². The van der Waals surface area contributed by atoms with Gasteiger partial charge in [-0.05, 0) is 0 Å². The Kier molecular flexibility index (Phi) is 3.89. The molecule has 1 saturated carbocycles. The first-order valence-electron chi connectivity index (χ1n) is 8.07. The Hall–Kier alpha value is -1.62. The van der Waals surface area contributed by atoms with Gasteiger partial charge in [0.1, 0.15) is 18.0 Å². The molecule has 2 fully saturated rings. The fraction of sp³-hybridized carbons (Fsp3) is 0.733. The van der Waals surface area contributed by atoms with E-state index in [1.807, 2.05) is 0 Å². The number of nitrogens with zero attached hydrogens (tertiary/aromatic N) is 2. The second-order valence-corrected chi connectivity index (χ2v) is 6.67. The molecule has 1 aliphatic heterocycles. The molecule has 1 aromatic heterocycles. The van der Waals surface area contributed by atoms with Crippen LogP contribution in [-0.2, 0) is 21.4 Å². The van der Waals surface area contributed by atoms with Crippen LogP contribution in [0.25, 0.3) is 0 Å². The van der Waals surface area contributed by atoms with E-state index in [1.54, 1.807) is 0 Å². The van der Waals surface area contributed by atoms with Crippen molar-refractivity contribution >= 4 is 5.78 Å². The third kappa shape index (κ3) is 2.47. The van der Waals surface area contributed by atoms with Gasteiger partial charge in [0.05, 0.1) is 31.2 Å². The van der Waals surface area contributed by atoms with Gasteiger partial charge in [-0.3, -0.25) is 9.48 Å². The number of Topliss-reactive ketones (excluding diaryl/α,β-unsaturated/α-hetero) is 1. The van der Waals surface area contributed by atoms with Crippen LogP contribution in [0.15, 0.2) is 0 Å². The molecule has 0 radical (unpaired) electrons. The highest BCUT2D eigenvalue weighted by atomic mass is 19.4. The number of alkyl halides is 6. The molecule has 4 rings (SSSR count). The monoisotopic (exact) mass is 384 g/mol. The molecule has 1 saturated heterocycles. The number of hydrogen-bond acceptors (Lipinski definition) is 4. The fourth-order valence-corrected chi connectivity index (χ4v) is 3.91. The first-order chi connectivity index (χ1) is 12.1. The van der Waals surface area contributed by atoms with E-state index in [2.05, 4.69) is 5.10 Å². The number of hydrogen-bond donors (Lipinski definition) is 0. The highest BCUT2D eigenvalue weighted by Crippen LogP contribution is 2.50. The maximum absolute atomic E-state index is 13.7. The van der Waals surface area contributed by atoms with Crippen molar-refractivity contribution in [3.05, 3.63) is 17.0 Å². The van der Waals surface area contributed by atoms with Crippen molar-refractivity contribution in [3.8, 4) is 0 Å². The van der Waals surface area contributed by atoms with Gasteiger partial charge in [-0.25, -0.2) is 13.2 Å². The van der Waals surface area contributed by atoms with Crippen LogP contribution in [0.2, 0.25) is 0 Å². The van der Waals surface area contributed by atoms with Gasteiger partial charge < -0.3 is 9.47 Å². The molecule has 0 unspecified atom stereocenters. The maximum Gasteiger partial charge on any atom is 0.435 e. The quantitative estimate of drug-likeness (QED) is 0.699. The molecule has 4 atom stereocenters. The standard InChI is InChI=1S/C15H14F6N2O3/c16-7-3-6(4-8(17)11(7)18)23-12-9(24)5-14(25-1-2-26-14)10(12)13(22-23)15(19,20)21/h6-8,11H,1-5H2/t6-,7-,8+,11-. The van der Waals surface area contributed by atoms with Gasteiger partial charge in [0.25, 0.3) is 0 Å². The summed E-state index contributed by atoms with van der Waals surface area (Å²) in [7, 11) is 0. The summed E-state index contributed by atoms with van der Waals surface area (Å²) in [5.41, 5.74) is -2.37. The number of ether oxygens (including phenoxy) is 2. The Morgan fingerprint density at radius 2 is 1.65 bits per heavy atom. The predicted molar refractivity (Wildman–Crippen MR) is 72.7 cm³/mol. The second-order valence-electron chi connectivity index (χ2n) is 6.67. The second kappa shape index (κ2) is 5.69. The van der Waals surface area contributed by atoms with Crippen molar-refractivity contribution in [2.75, 3.05) is 13.2 Å². The Labute approximate surface area is 143 Å². The summed E-state index contributed by atoms with van der Waals surface area (Å²) >= 11 is 0. The summed E-state index contributed by atoms with van der Waals surface area (Å²) in [6.07, 6.45) is -13.3. The van der Waals surface area contributed by atoms with Crippen molar-refractivity contribution in [1.29, 1.82) is 0 Å². The Balaban J connectivity index is 1.84. The molecule has 26 heavy (non-hydrogen) atoms. The number of rotatable bonds is 1. The Morgan fingerprint density at radius 1 is 1.08 bits per heavy atom. The number of carbonyl (C=O) groups excluding carboxylic acids is 1. The number of carbonyl (C=O) groups is 1. The zero-order chi connectivity index (χ0) is 18.9. The van der Waals surface area contributed by atoms with Crippen LogP contribution >= 0.6 is 0 Å². The van der Waals surface area contributed by atoms with Gasteiger partial charge in [-0.1, -0.05) is 0 Å². The highest BCUT2D eigenvalue weighted by molar-refractivity contribution is 6.00. The first kappa shape index (κ1) is 17.8. The van der Waals surface area contributed by atoms with Crippen LogP contribution < -0.4 is 0 Å². The minimum atomic E-state index is -4.93. The summed E-state index contributed by atoms with van der Waals surface area (Å²) < 4.78 is 92.6. The molecule has 2 heterocycles. The highest BCUT2D eigenvalue weighted by Gasteiger charge is 2.58. The van der Waals surface area contributed by atoms with Crippen molar-refractivity contribution in [2.24, 2.45) is 0 Å². The summed E-state index contributed by atoms with van der Waals surface area (Å²) in [6.45, 7) is 0.00251. The topological polar surface area (TPSA) is 53.4 Å². The van der Waals surface area contributed by atoms with Crippen molar-refractivity contribution < 1.29 is 40.6 Å². The van der Waals surface area contributed by atoms with Crippen LogP contribution in [0, 0.1) is 0 Å². The normalized spacial score (nSPS) is 33.8. The van der Waals surface area contributed by atoms with E-state index in [4.69, 9.17) is 9.47 Å². The van der Waals surface area contributed by atoms with E-state index >= 15 is 0 Å². The van der Waals surface area contributed by atoms with E-state index in [9.17, 15) is 31.1 Å². The molecule has 5 nitrogen and oxygen atoms in total. The molecule has 2 aliphatic carbocycles. The molecule has 1 spiro atoms. The molecular formula is C15H14F6N2O3. The molecule has 144 valence electrons. The van der Waals surface area contributed by atoms with Crippen LogP contribution in [0.3, 0.4) is 0 Å². The summed E-state index contributed by atoms with van der Waals surface area (Å²) in [4.78, 5) is 12.4. The molecular weight excluding hydrogens is 370 g/mol. The summed E-state index contributed by atoms with van der Waals surface area (Å²) in [5, 5.41) is 3.45. The first-order valence-corrected chi connectivity index (χ1v) is 8.07. The third-order valence-electron chi connectivity index (χ3n) is 5.00. The zero-order valence-electron chi connectivity index (χ0n) is 13.2. The van der Waals surface area contributed by atoms with E-state index in [0.29, 0.717) is 4.68 Å². The van der Waals surface area contributed by atoms with Gasteiger partial charge in [-0.15, -0.1) is 0 Å². The average Bonchev–Trinajstić information content (AvgIpc) is 3.22. The van der Waals surface area contributed by atoms with E-state index in [-0.39, 0.29) is 13.2 Å². The smallest absolute Gasteiger partial charge is 0.343 e. The fourth-order valence-electron chi connectivity index (χ4n) is 3.91. The number of aromatic nitrogens is 2. The van der Waals surface area contributed by atoms with Gasteiger partial charge in [-0.2, -0.15) is 18.3 Å². The van der Waals surface area contributed by atoms with Crippen molar-refractivity contribution in [3.63, 3.8) is 0 Å². The van der Waals surface area contributed by atoms with Crippen molar-refractivity contribution in [2.45, 2.75) is 55.8 Å². The van der Waals surface area contributed by atoms with Crippen LogP contribution in [0.1, 0.15) is 47.1 Å². The molecule has 11 heteroatoms. The summed E-state index contributed by atoms with van der Waals surface area (Å²) in [6, 6.07) is -1.21. The number of fused-ring (bicyclic) bond motifs is 2. The zero-order valence-corrected chi connectivity index (χ0v) is 13.2. The van der Waals surface area contributed by atoms with E-state index in [0.717, 1.165) is 0 Å². The Bertz CT molecular complexity index is 730. The average molecular weight is 384 g/mol. The van der Waals surface area contributed by atoms with Gasteiger partial charge in [0, 0.05) is 12.8 Å². The lowest BCUT2D eigenvalue weighted by molar-refractivity contribution is -0.173. The maximum atomic E-state index is 13.7. The lowest BCUT2D eigenvalue weighted by atomic mass is 9.90. The van der Waals surface area contributed by atoms with Crippen molar-refractivity contribution in [1.82, 2.24) is 9.78 Å². The molecule has 1 aromatic rings.